The molecule has 0 bridgehead atoms. The monoisotopic (exact) mass is 1030 g/mol. The molecule has 0 unspecified atom stereocenters. The van der Waals surface area contributed by atoms with E-state index >= 15 is 0 Å². The molecule has 0 amide bonds. The Bertz CT molecular complexity index is 3260. The first-order chi connectivity index (χ1) is 34.4. The molecule has 0 spiro atoms. The van der Waals surface area contributed by atoms with E-state index in [-0.39, 0.29) is 78.4 Å². The molecule has 2 fully saturated rings. The van der Waals surface area contributed by atoms with E-state index in [1.165, 1.54) is 28.7 Å². The van der Waals surface area contributed by atoms with Crippen LogP contribution in [-0.2, 0) is 65.0 Å². The van der Waals surface area contributed by atoms with Gasteiger partial charge in [0.1, 0.15) is 17.3 Å². The first-order valence-electron chi connectivity index (χ1n) is 23.6. The lowest BCUT2D eigenvalue weighted by Gasteiger charge is -2.20. The number of hydrogen-bond acceptors (Lipinski definition) is 13. The number of sulfonamides is 2. The number of fused-ring (bicyclic) bond motifs is 2. The summed E-state index contributed by atoms with van der Waals surface area (Å²) in [6.07, 6.45) is 0.368. The van der Waals surface area contributed by atoms with Crippen LogP contribution in [0.3, 0.4) is 0 Å². The number of Topliss-reactive ketones (excluding diaryl/α,β-unsaturated/α-hetero) is 1. The summed E-state index contributed by atoms with van der Waals surface area (Å²) >= 11 is 0. The SMILES string of the molecule is CCOc1ccc(S(=O)(=O)N2C[C@@H](C)[C@@H](n3nc(CC(=O)O)c4ccccc43)C2)c(CCC(C)=O)c1.CCOc1ccc(S(=O)(=O)N2C[C@@H](C)[C@@H](n3nc(CC(=O)OC)c4ccccc43)C2)c(CN=[N+]=[N-])c1. The van der Waals surface area contributed by atoms with Crippen molar-refractivity contribution in [1.29, 1.82) is 0 Å². The van der Waals surface area contributed by atoms with Gasteiger partial charge >= 0.3 is 11.9 Å². The summed E-state index contributed by atoms with van der Waals surface area (Å²) in [7, 11) is -6.42. The van der Waals surface area contributed by atoms with E-state index in [2.05, 4.69) is 15.1 Å². The fourth-order valence-electron chi connectivity index (χ4n) is 9.41. The van der Waals surface area contributed by atoms with Crippen LogP contribution in [0.15, 0.2) is 99.8 Å². The van der Waals surface area contributed by atoms with E-state index in [1.54, 1.807) is 35.0 Å². The molecule has 72 heavy (non-hydrogen) atoms. The molecule has 6 aromatic rings. The van der Waals surface area contributed by atoms with Gasteiger partial charge in [0.15, 0.2) is 0 Å². The number of aliphatic carboxylic acids is 1. The van der Waals surface area contributed by atoms with Crippen molar-refractivity contribution >= 4 is 59.6 Å². The highest BCUT2D eigenvalue weighted by Crippen LogP contribution is 2.38. The molecule has 8 rings (SSSR count). The molecule has 0 aliphatic carbocycles. The van der Waals surface area contributed by atoms with E-state index < -0.39 is 32.0 Å². The number of para-hydroxylation sites is 2. The lowest BCUT2D eigenvalue weighted by atomic mass is 10.1. The number of carboxylic acid groups (broad SMARTS) is 1. The van der Waals surface area contributed by atoms with Crippen molar-refractivity contribution in [1.82, 2.24) is 28.2 Å². The normalized spacial score (nSPS) is 18.4. The van der Waals surface area contributed by atoms with Gasteiger partial charge in [0, 0.05) is 48.3 Å². The minimum absolute atomic E-state index is 0.0160. The minimum atomic E-state index is -3.90. The summed E-state index contributed by atoms with van der Waals surface area (Å²) in [5.41, 5.74) is 12.4. The van der Waals surface area contributed by atoms with E-state index in [1.807, 2.05) is 80.9 Å². The molecule has 0 saturated carbocycles. The summed E-state index contributed by atoms with van der Waals surface area (Å²) in [5.74, 6) is -0.399. The zero-order chi connectivity index (χ0) is 51.9. The molecular formula is C50H59N9O11S2. The predicted molar refractivity (Wildman–Crippen MR) is 268 cm³/mol. The fraction of sp³-hybridized carbons (Fsp3) is 0.420. The van der Waals surface area contributed by atoms with E-state index in [0.717, 1.165) is 21.8 Å². The average molecular weight is 1030 g/mol. The van der Waals surface area contributed by atoms with Crippen LogP contribution in [-0.4, -0.2) is 114 Å². The second kappa shape index (κ2) is 22.7. The van der Waals surface area contributed by atoms with Gasteiger partial charge in [0.25, 0.3) is 0 Å². The van der Waals surface area contributed by atoms with Gasteiger partial charge in [-0.05, 0) is 104 Å². The van der Waals surface area contributed by atoms with Crippen molar-refractivity contribution < 1.29 is 50.5 Å². The number of carbonyl (C=O) groups excluding carboxylic acids is 2. The number of aryl methyl sites for hydroxylation is 1. The number of carboxylic acids is 1. The molecule has 2 aliphatic heterocycles. The van der Waals surface area contributed by atoms with Crippen LogP contribution in [0.2, 0.25) is 0 Å². The maximum atomic E-state index is 13.8. The molecule has 2 aliphatic rings. The zero-order valence-corrected chi connectivity index (χ0v) is 42.7. The van der Waals surface area contributed by atoms with Gasteiger partial charge in [0.05, 0.1) is 84.0 Å². The van der Waals surface area contributed by atoms with Crippen molar-refractivity contribution in [3.05, 3.63) is 118 Å². The fourth-order valence-corrected chi connectivity index (χ4v) is 13.0. The van der Waals surface area contributed by atoms with Crippen molar-refractivity contribution in [2.45, 2.75) is 88.7 Å². The van der Waals surface area contributed by atoms with Gasteiger partial charge in [-0.25, -0.2) is 16.8 Å². The van der Waals surface area contributed by atoms with Crippen molar-refractivity contribution in [3.8, 4) is 11.5 Å². The quantitative estimate of drug-likeness (QED) is 0.0362. The average Bonchev–Trinajstić information content (AvgIpc) is 4.13. The molecular weight excluding hydrogens is 967 g/mol. The van der Waals surface area contributed by atoms with Gasteiger partial charge in [-0.15, -0.1) is 0 Å². The Kier molecular flexibility index (Phi) is 16.7. The summed E-state index contributed by atoms with van der Waals surface area (Å²) in [6.45, 7) is 10.9. The van der Waals surface area contributed by atoms with Crippen LogP contribution in [0.4, 0.5) is 0 Å². The molecule has 4 heterocycles. The minimum Gasteiger partial charge on any atom is -0.494 e. The molecule has 2 aromatic heterocycles. The molecule has 0 radical (unpaired) electrons. The molecule has 4 atom stereocenters. The Morgan fingerprint density at radius 1 is 0.722 bits per heavy atom. The van der Waals surface area contributed by atoms with Crippen LogP contribution < -0.4 is 9.47 Å². The largest absolute Gasteiger partial charge is 0.494 e. The number of esters is 1. The number of ether oxygens (including phenoxy) is 3. The number of hydrogen-bond donors (Lipinski definition) is 1. The van der Waals surface area contributed by atoms with Crippen LogP contribution >= 0.6 is 0 Å². The molecule has 1 N–H and O–H groups in total. The Balaban J connectivity index is 0.000000211. The first-order valence-corrected chi connectivity index (χ1v) is 26.5. The molecule has 22 heteroatoms. The van der Waals surface area contributed by atoms with E-state index in [0.29, 0.717) is 66.7 Å². The van der Waals surface area contributed by atoms with E-state index in [4.69, 9.17) is 24.8 Å². The summed E-state index contributed by atoms with van der Waals surface area (Å²) in [4.78, 5) is 38.0. The van der Waals surface area contributed by atoms with Crippen LogP contribution in [0.5, 0.6) is 11.5 Å². The van der Waals surface area contributed by atoms with Gasteiger partial charge in [-0.1, -0.05) is 55.4 Å². The third-order valence-electron chi connectivity index (χ3n) is 12.9. The molecule has 2 saturated heterocycles. The number of carbonyl (C=O) groups is 3. The Morgan fingerprint density at radius 3 is 1.65 bits per heavy atom. The second-order valence-corrected chi connectivity index (χ2v) is 21.7. The number of methoxy groups -OCH3 is 1. The van der Waals surface area contributed by atoms with Crippen molar-refractivity contribution in [2.24, 2.45) is 17.0 Å². The maximum Gasteiger partial charge on any atom is 0.311 e. The van der Waals surface area contributed by atoms with Crippen LogP contribution in [0, 0.1) is 11.8 Å². The van der Waals surface area contributed by atoms with Crippen LogP contribution in [0.1, 0.15) is 75.6 Å². The molecule has 20 nitrogen and oxygen atoms in total. The third kappa shape index (κ3) is 11.4. The number of benzene rings is 4. The van der Waals surface area contributed by atoms with Crippen molar-refractivity contribution in [3.63, 3.8) is 0 Å². The number of rotatable bonds is 19. The summed E-state index contributed by atoms with van der Waals surface area (Å²) < 4.78 is 77.4. The number of nitrogens with zero attached hydrogens (tertiary/aromatic N) is 9. The Hall–Kier alpha value is -6.84. The lowest BCUT2D eigenvalue weighted by Crippen LogP contribution is -2.30. The first kappa shape index (κ1) is 53.0. The number of azide groups is 1. The number of aromatic nitrogens is 4. The highest BCUT2D eigenvalue weighted by Gasteiger charge is 2.42. The predicted octanol–water partition coefficient (Wildman–Crippen LogP) is 7.31. The molecule has 4 aromatic carbocycles. The standard InChI is InChI=1S/C26H31N3O6S.C24H28N6O5S/c1-4-35-20-11-12-25(19(13-20)10-9-18(3)30)36(33,34)28-15-17(2)24(16-28)29-23-8-6-5-7-21(23)22(27-29)14-26(31)32;1-4-35-18-9-10-23(17(11-18)13-26-28-25)36(32,33)29-14-16(2)22(15-29)30-21-8-6-5-7-19(21)20(27-30)12-24(31)34-3/h5-8,11-13,17,24H,4,9-10,14-16H2,1-3H3,(H,31,32);5-11,16,22H,4,12-15H2,1-3H3/t17-,24+;16-,22+/m11/s1. The maximum absolute atomic E-state index is 13.8. The van der Waals surface area contributed by atoms with Gasteiger partial charge in [-0.3, -0.25) is 19.0 Å². The van der Waals surface area contributed by atoms with E-state index in [9.17, 15) is 36.3 Å². The summed E-state index contributed by atoms with van der Waals surface area (Å²) in [5, 5.41) is 23.8. The Morgan fingerprint density at radius 2 is 1.19 bits per heavy atom. The highest BCUT2D eigenvalue weighted by atomic mass is 32.2. The third-order valence-corrected chi connectivity index (χ3v) is 16.8. The van der Waals surface area contributed by atoms with Gasteiger partial charge in [-0.2, -0.15) is 18.8 Å². The van der Waals surface area contributed by atoms with Gasteiger partial charge < -0.3 is 24.1 Å². The summed E-state index contributed by atoms with van der Waals surface area (Å²) in [6, 6.07) is 24.1. The zero-order valence-electron chi connectivity index (χ0n) is 41.0. The molecule has 382 valence electrons. The highest BCUT2D eigenvalue weighted by molar-refractivity contribution is 7.89. The lowest BCUT2D eigenvalue weighted by molar-refractivity contribution is -0.140. The second-order valence-electron chi connectivity index (χ2n) is 17.9. The number of ketones is 1. The van der Waals surface area contributed by atoms with Crippen LogP contribution in [0.25, 0.3) is 32.2 Å². The van der Waals surface area contributed by atoms with Crippen molar-refractivity contribution in [2.75, 3.05) is 46.5 Å². The van der Waals surface area contributed by atoms with Gasteiger partial charge in [0.2, 0.25) is 20.0 Å². The Labute approximate surface area is 418 Å². The topological polar surface area (TPSA) is 258 Å². The smallest absolute Gasteiger partial charge is 0.311 e.